The van der Waals surface area contributed by atoms with Crippen LogP contribution in [0.2, 0.25) is 0 Å². The zero-order valence-electron chi connectivity index (χ0n) is 8.30. The van der Waals surface area contributed by atoms with E-state index < -0.39 is 5.83 Å². The Morgan fingerprint density at radius 1 is 1.38 bits per heavy atom. The standard InChI is InChI=1S/C11H9FN2OS/c12-9(3-4-15)11-2-1-10(16-11)8-5-13-7-14-6-8/h1-3,5-7,15H,4H2/b9-3+. The molecule has 0 aromatic carbocycles. The van der Waals surface area contributed by atoms with Crippen LogP contribution < -0.4 is 0 Å². The van der Waals surface area contributed by atoms with Gasteiger partial charge in [0.05, 0.1) is 11.5 Å². The second kappa shape index (κ2) is 4.96. The first-order valence-corrected chi connectivity index (χ1v) is 5.45. The number of aliphatic hydroxyl groups excluding tert-OH is 1. The van der Waals surface area contributed by atoms with E-state index in [0.29, 0.717) is 4.88 Å². The minimum absolute atomic E-state index is 0.298. The first-order chi connectivity index (χ1) is 7.81. The summed E-state index contributed by atoms with van der Waals surface area (Å²) in [5.74, 6) is -0.407. The van der Waals surface area contributed by atoms with Crippen LogP contribution in [0, 0.1) is 0 Å². The lowest BCUT2D eigenvalue weighted by molar-refractivity contribution is 0.342. The van der Waals surface area contributed by atoms with Crippen LogP contribution in [-0.2, 0) is 0 Å². The summed E-state index contributed by atoms with van der Waals surface area (Å²) in [7, 11) is 0. The molecule has 0 radical (unpaired) electrons. The molecule has 3 nitrogen and oxygen atoms in total. The lowest BCUT2D eigenvalue weighted by Crippen LogP contribution is -1.77. The molecule has 0 aliphatic carbocycles. The summed E-state index contributed by atoms with van der Waals surface area (Å²) < 4.78 is 13.3. The zero-order chi connectivity index (χ0) is 11.4. The molecule has 5 heteroatoms. The summed E-state index contributed by atoms with van der Waals surface area (Å²) in [5.41, 5.74) is 0.857. The van der Waals surface area contributed by atoms with Crippen LogP contribution in [-0.4, -0.2) is 21.7 Å². The average Bonchev–Trinajstić information content (AvgIpc) is 2.80. The van der Waals surface area contributed by atoms with Gasteiger partial charge in [-0.25, -0.2) is 14.4 Å². The summed E-state index contributed by atoms with van der Waals surface area (Å²) >= 11 is 1.30. The van der Waals surface area contributed by atoms with Gasteiger partial charge in [0.15, 0.2) is 0 Å². The van der Waals surface area contributed by atoms with Gasteiger partial charge in [0, 0.05) is 22.8 Å². The molecule has 0 aliphatic heterocycles. The largest absolute Gasteiger partial charge is 0.392 e. The summed E-state index contributed by atoms with van der Waals surface area (Å²) in [6.07, 6.45) is 5.94. The van der Waals surface area contributed by atoms with Gasteiger partial charge in [-0.05, 0) is 18.2 Å². The van der Waals surface area contributed by atoms with Gasteiger partial charge in [0.2, 0.25) is 0 Å². The lowest BCUT2D eigenvalue weighted by atomic mass is 10.3. The van der Waals surface area contributed by atoms with Crippen LogP contribution in [0.3, 0.4) is 0 Å². The van der Waals surface area contributed by atoms with Gasteiger partial charge in [-0.15, -0.1) is 11.3 Å². The molecule has 0 atom stereocenters. The molecular formula is C11H9FN2OS. The van der Waals surface area contributed by atoms with E-state index in [2.05, 4.69) is 9.97 Å². The lowest BCUT2D eigenvalue weighted by Gasteiger charge is -1.93. The Morgan fingerprint density at radius 2 is 2.12 bits per heavy atom. The number of rotatable bonds is 3. The first kappa shape index (κ1) is 10.9. The van der Waals surface area contributed by atoms with Gasteiger partial charge in [0.1, 0.15) is 12.2 Å². The maximum absolute atomic E-state index is 13.3. The molecule has 82 valence electrons. The second-order valence-electron chi connectivity index (χ2n) is 3.03. The third kappa shape index (κ3) is 2.32. The zero-order valence-corrected chi connectivity index (χ0v) is 9.12. The fourth-order valence-electron chi connectivity index (χ4n) is 1.23. The molecule has 1 N–H and O–H groups in total. The van der Waals surface area contributed by atoms with E-state index in [1.807, 2.05) is 6.07 Å². The molecule has 2 rings (SSSR count). The van der Waals surface area contributed by atoms with Crippen LogP contribution in [0.1, 0.15) is 4.88 Å². The van der Waals surface area contributed by atoms with E-state index in [0.717, 1.165) is 16.5 Å². The number of aromatic nitrogens is 2. The Balaban J connectivity index is 2.30. The molecule has 0 amide bonds. The molecule has 0 fully saturated rings. The second-order valence-corrected chi connectivity index (χ2v) is 4.11. The Morgan fingerprint density at radius 3 is 2.81 bits per heavy atom. The number of hydrogen-bond donors (Lipinski definition) is 1. The fraction of sp³-hybridized carbons (Fsp3) is 0.0909. The predicted octanol–water partition coefficient (Wildman–Crippen LogP) is 2.51. The van der Waals surface area contributed by atoms with Crippen molar-refractivity contribution in [3.63, 3.8) is 0 Å². The van der Waals surface area contributed by atoms with Crippen molar-refractivity contribution in [1.29, 1.82) is 0 Å². The van der Waals surface area contributed by atoms with Gasteiger partial charge in [-0.3, -0.25) is 0 Å². The van der Waals surface area contributed by atoms with E-state index in [1.165, 1.54) is 17.7 Å². The highest BCUT2D eigenvalue weighted by Crippen LogP contribution is 2.31. The molecular weight excluding hydrogens is 227 g/mol. The summed E-state index contributed by atoms with van der Waals surface area (Å²) in [6.45, 7) is -0.298. The van der Waals surface area contributed by atoms with Crippen LogP contribution in [0.4, 0.5) is 4.39 Å². The maximum Gasteiger partial charge on any atom is 0.138 e. The maximum atomic E-state index is 13.3. The fourth-order valence-corrected chi connectivity index (χ4v) is 2.14. The molecule has 0 saturated heterocycles. The first-order valence-electron chi connectivity index (χ1n) is 4.63. The van der Waals surface area contributed by atoms with Crippen molar-refractivity contribution in [1.82, 2.24) is 9.97 Å². The molecule has 2 heterocycles. The van der Waals surface area contributed by atoms with Gasteiger partial charge in [-0.1, -0.05) is 0 Å². The van der Waals surface area contributed by atoms with Crippen LogP contribution in [0.5, 0.6) is 0 Å². The molecule has 0 unspecified atom stereocenters. The van der Waals surface area contributed by atoms with E-state index >= 15 is 0 Å². The van der Waals surface area contributed by atoms with Crippen molar-refractivity contribution in [2.45, 2.75) is 0 Å². The van der Waals surface area contributed by atoms with Crippen LogP contribution in [0.25, 0.3) is 16.3 Å². The summed E-state index contributed by atoms with van der Waals surface area (Å²) in [5, 5.41) is 8.59. The molecule has 16 heavy (non-hydrogen) atoms. The SMILES string of the molecule is OC/C=C(/F)c1ccc(-c2cncnc2)s1. The summed E-state index contributed by atoms with van der Waals surface area (Å²) in [6, 6.07) is 3.48. The van der Waals surface area contributed by atoms with E-state index in [1.54, 1.807) is 18.5 Å². The normalized spacial score (nSPS) is 11.8. The predicted molar refractivity (Wildman–Crippen MR) is 61.5 cm³/mol. The van der Waals surface area contributed by atoms with Gasteiger partial charge < -0.3 is 5.11 Å². The Labute approximate surface area is 95.9 Å². The molecule has 0 bridgehead atoms. The number of hydrogen-bond acceptors (Lipinski definition) is 4. The molecule has 0 aliphatic rings. The van der Waals surface area contributed by atoms with Gasteiger partial charge in [0.25, 0.3) is 0 Å². The van der Waals surface area contributed by atoms with Gasteiger partial charge in [-0.2, -0.15) is 0 Å². The molecule has 0 spiro atoms. The molecule has 0 saturated carbocycles. The topological polar surface area (TPSA) is 46.0 Å². The number of thiophene rings is 1. The highest BCUT2D eigenvalue weighted by Gasteiger charge is 2.06. The Kier molecular flexibility index (Phi) is 3.38. The third-order valence-corrected chi connectivity index (χ3v) is 3.10. The van der Waals surface area contributed by atoms with Crippen molar-refractivity contribution in [3.8, 4) is 10.4 Å². The van der Waals surface area contributed by atoms with Crippen molar-refractivity contribution < 1.29 is 9.50 Å². The Hall–Kier alpha value is -1.59. The average molecular weight is 236 g/mol. The smallest absolute Gasteiger partial charge is 0.138 e. The summed E-state index contributed by atoms with van der Waals surface area (Å²) in [4.78, 5) is 9.19. The number of aliphatic hydroxyl groups is 1. The third-order valence-electron chi connectivity index (χ3n) is 1.96. The van der Waals surface area contributed by atoms with Crippen LogP contribution >= 0.6 is 11.3 Å². The van der Waals surface area contributed by atoms with Crippen molar-refractivity contribution in [3.05, 3.63) is 41.8 Å². The minimum Gasteiger partial charge on any atom is -0.392 e. The highest BCUT2D eigenvalue weighted by molar-refractivity contribution is 7.16. The van der Waals surface area contributed by atoms with E-state index in [4.69, 9.17) is 5.11 Å². The number of nitrogens with zero attached hydrogens (tertiary/aromatic N) is 2. The monoisotopic (exact) mass is 236 g/mol. The van der Waals surface area contributed by atoms with Crippen LogP contribution in [0.15, 0.2) is 36.9 Å². The van der Waals surface area contributed by atoms with Crippen molar-refractivity contribution in [2.24, 2.45) is 0 Å². The van der Waals surface area contributed by atoms with Crippen molar-refractivity contribution >= 4 is 17.2 Å². The highest BCUT2D eigenvalue weighted by atomic mass is 32.1. The van der Waals surface area contributed by atoms with E-state index in [-0.39, 0.29) is 6.61 Å². The molecule has 2 aromatic rings. The Bertz CT molecular complexity index is 496. The quantitative estimate of drug-likeness (QED) is 0.890. The minimum atomic E-state index is -0.407. The number of halogens is 1. The van der Waals surface area contributed by atoms with Gasteiger partial charge >= 0.3 is 0 Å². The van der Waals surface area contributed by atoms with E-state index in [9.17, 15) is 4.39 Å². The van der Waals surface area contributed by atoms with Crippen molar-refractivity contribution in [2.75, 3.05) is 6.61 Å². The molecule has 2 aromatic heterocycles.